The first kappa shape index (κ1) is 69.7. The van der Waals surface area contributed by atoms with E-state index in [1.165, 1.54) is 25.1 Å². The van der Waals surface area contributed by atoms with Crippen molar-refractivity contribution < 1.29 is 58.5 Å². The van der Waals surface area contributed by atoms with Gasteiger partial charge < -0.3 is 53.0 Å². The van der Waals surface area contributed by atoms with Gasteiger partial charge in [0.05, 0.1) is 30.9 Å². The molecule has 19 heteroatoms. The van der Waals surface area contributed by atoms with Crippen molar-refractivity contribution in [2.45, 2.75) is 120 Å². The molecular weight excluding hydrogens is 843 g/mol. The number of nitrogens with one attached hydrogen (secondary N) is 6. The van der Waals surface area contributed by atoms with E-state index in [0.717, 1.165) is 11.5 Å². The molecule has 1 aromatic rings. The number of benzene rings is 1. The molecule has 0 saturated carbocycles. The number of aliphatic carboxylic acids is 1. The van der Waals surface area contributed by atoms with Crippen molar-refractivity contribution in [3.63, 3.8) is 0 Å². The smallest absolute Gasteiger partial charge is 0.337 e. The number of para-hydroxylation sites is 1. The number of amides is 6. The number of hydrogen-bond donors (Lipinski definition) is 10. The van der Waals surface area contributed by atoms with Crippen molar-refractivity contribution in [3.8, 4) is 25.2 Å². The molecule has 11 N–H and O–H groups in total. The lowest BCUT2D eigenvalue weighted by molar-refractivity contribution is -0.136. The van der Waals surface area contributed by atoms with Gasteiger partial charge in [0.2, 0.25) is 35.4 Å². The zero-order chi connectivity index (χ0) is 52.1. The van der Waals surface area contributed by atoms with Crippen LogP contribution in [0.4, 0.5) is 5.69 Å². The first-order valence-corrected chi connectivity index (χ1v) is 20.6. The highest BCUT2D eigenvalue weighted by atomic mass is 16.4. The molecule has 366 valence electrons. The molecular formula is C46H75N7O12. The number of carbonyl (C=O) groups excluding carboxylic acids is 6. The number of hydrogen-bond acceptors (Lipinski definition) is 10. The molecule has 0 aliphatic carbocycles. The topological polar surface area (TPSA) is 313 Å². The molecule has 0 fully saturated rings. The SMILES string of the molecule is C#C.C#CC.C/C=C\C=C(/C)C[C@@H](CC(=O)N[C@@H](C)C(=O)NCC(=O)Nc1ccccc1C(=O)O)NC(=O)CNC(=O)C(NC(=O)CN)C(C)C.CC.CC(C)C.CCC(=O)O.O=CO. The van der Waals surface area contributed by atoms with E-state index >= 15 is 0 Å². The number of nitrogens with two attached hydrogens (primary N) is 1. The number of aromatic carboxylic acids is 1. The van der Waals surface area contributed by atoms with E-state index in [4.69, 9.17) is 20.7 Å². The second-order valence-corrected chi connectivity index (χ2v) is 13.7. The van der Waals surface area contributed by atoms with E-state index < -0.39 is 78.6 Å². The van der Waals surface area contributed by atoms with Crippen molar-refractivity contribution in [3.05, 3.63) is 53.6 Å². The number of terminal acetylenes is 2. The fourth-order valence-corrected chi connectivity index (χ4v) is 4.10. The molecule has 0 aromatic heterocycles. The number of carboxylic acid groups (broad SMARTS) is 3. The highest BCUT2D eigenvalue weighted by molar-refractivity contribution is 6.02. The van der Waals surface area contributed by atoms with Crippen molar-refractivity contribution in [2.75, 3.05) is 25.0 Å². The lowest BCUT2D eigenvalue weighted by Gasteiger charge is -2.23. The summed E-state index contributed by atoms with van der Waals surface area (Å²) in [6.07, 6.45) is 18.4. The van der Waals surface area contributed by atoms with Gasteiger partial charge in [-0.1, -0.05) is 91.3 Å². The highest BCUT2D eigenvalue weighted by Crippen LogP contribution is 2.14. The number of anilines is 1. The van der Waals surface area contributed by atoms with Gasteiger partial charge in [-0.25, -0.2) is 4.79 Å². The predicted molar refractivity (Wildman–Crippen MR) is 254 cm³/mol. The van der Waals surface area contributed by atoms with Crippen LogP contribution in [0.2, 0.25) is 0 Å². The maximum absolute atomic E-state index is 12.9. The normalized spacial score (nSPS) is 10.9. The van der Waals surface area contributed by atoms with Crippen LogP contribution in [0.3, 0.4) is 0 Å². The van der Waals surface area contributed by atoms with Crippen LogP contribution in [-0.4, -0.2) is 107 Å². The fourth-order valence-electron chi connectivity index (χ4n) is 4.10. The third kappa shape index (κ3) is 44.9. The van der Waals surface area contributed by atoms with Crippen LogP contribution in [-0.2, 0) is 38.4 Å². The Morgan fingerprint density at radius 1 is 0.800 bits per heavy atom. The van der Waals surface area contributed by atoms with Gasteiger partial charge >= 0.3 is 11.9 Å². The lowest BCUT2D eigenvalue weighted by Crippen LogP contribution is -2.53. The Labute approximate surface area is 385 Å². The van der Waals surface area contributed by atoms with Crippen molar-refractivity contribution in [1.29, 1.82) is 0 Å². The molecule has 0 bridgehead atoms. The summed E-state index contributed by atoms with van der Waals surface area (Å²) in [4.78, 5) is 104. The molecule has 3 atom stereocenters. The summed E-state index contributed by atoms with van der Waals surface area (Å²) >= 11 is 0. The third-order valence-corrected chi connectivity index (χ3v) is 6.74. The van der Waals surface area contributed by atoms with E-state index in [1.54, 1.807) is 39.8 Å². The summed E-state index contributed by atoms with van der Waals surface area (Å²) in [6.45, 7) is 20.9. The monoisotopic (exact) mass is 918 g/mol. The van der Waals surface area contributed by atoms with E-state index in [-0.39, 0.29) is 49.4 Å². The Morgan fingerprint density at radius 3 is 1.69 bits per heavy atom. The van der Waals surface area contributed by atoms with Gasteiger partial charge in [0.15, 0.2) is 0 Å². The summed E-state index contributed by atoms with van der Waals surface area (Å²) in [5.41, 5.74) is 6.13. The number of allylic oxidation sites excluding steroid dienone is 3. The Hall–Kier alpha value is -6.99. The minimum Gasteiger partial charge on any atom is -0.483 e. The average molecular weight is 918 g/mol. The number of rotatable bonds is 19. The highest BCUT2D eigenvalue weighted by Gasteiger charge is 2.25. The van der Waals surface area contributed by atoms with Gasteiger partial charge in [0.1, 0.15) is 12.1 Å². The van der Waals surface area contributed by atoms with Gasteiger partial charge in [-0.15, -0.1) is 25.2 Å². The van der Waals surface area contributed by atoms with Crippen LogP contribution >= 0.6 is 0 Å². The van der Waals surface area contributed by atoms with Gasteiger partial charge in [-0.05, 0) is 58.1 Å². The molecule has 65 heavy (non-hydrogen) atoms. The molecule has 0 radical (unpaired) electrons. The standard InChI is InChI=1S/C31H45N7O8.C4H10.C3H6O2.C3H4.C2H6.C2H2.CH2O2/c1-6-7-10-19(4)13-21(36-26(41)16-34-30(44)28(18(2)3)38-25(40)15-32)14-24(39)35-20(5)29(43)33-17-27(42)37-23-12-9-8-11-22(23)31(45)46;1-4(2)3;1-2-3(4)5;1-3-2;2*1-2;2-1-3/h6-12,18,20-21,28H,13-17,32H2,1-5H3,(H,33,43)(H,34,44)(H,35,39)(H,36,41)(H,37,42)(H,38,40)(H,45,46);4H,1-3H3;2H2,1H3,(H,4,5);1H,2H3;1-2H3;1-2H;1H,(H,2,3)/b7-6-,19-10+;;;;;;/t20-,21-,28?;;;;;;/m0....../s1. The van der Waals surface area contributed by atoms with E-state index in [2.05, 4.69) is 77.9 Å². The molecule has 0 heterocycles. The minimum atomic E-state index is -1.23. The summed E-state index contributed by atoms with van der Waals surface area (Å²) in [5, 5.41) is 38.9. The predicted octanol–water partition coefficient (Wildman–Crippen LogP) is 3.71. The Balaban J connectivity index is -0.000000388. The summed E-state index contributed by atoms with van der Waals surface area (Å²) in [5.74, 6) is -2.69. The zero-order valence-electron chi connectivity index (χ0n) is 40.1. The molecule has 19 nitrogen and oxygen atoms in total. The molecule has 1 aromatic carbocycles. The molecule has 1 unspecified atom stereocenters. The lowest BCUT2D eigenvalue weighted by atomic mass is 10.0. The molecule has 0 saturated heterocycles. The van der Waals surface area contributed by atoms with Crippen molar-refractivity contribution in [2.24, 2.45) is 17.6 Å². The Bertz CT molecular complexity index is 1680. The molecule has 0 spiro atoms. The van der Waals surface area contributed by atoms with Crippen LogP contribution in [0.5, 0.6) is 0 Å². The Morgan fingerprint density at radius 2 is 1.26 bits per heavy atom. The van der Waals surface area contributed by atoms with Gasteiger partial charge in [0.25, 0.3) is 6.47 Å². The zero-order valence-corrected chi connectivity index (χ0v) is 40.1. The summed E-state index contributed by atoms with van der Waals surface area (Å²) in [6, 6.07) is 3.17. The molecule has 0 aliphatic rings. The number of carbonyl (C=O) groups is 9. The maximum Gasteiger partial charge on any atom is 0.337 e. The molecule has 1 rings (SSSR count). The third-order valence-electron chi connectivity index (χ3n) is 6.74. The van der Waals surface area contributed by atoms with E-state index in [0.29, 0.717) is 0 Å². The quantitative estimate of drug-likeness (QED) is 0.0539. The van der Waals surface area contributed by atoms with Crippen LogP contribution in [0, 0.1) is 37.0 Å². The van der Waals surface area contributed by atoms with Crippen molar-refractivity contribution >= 4 is 59.5 Å². The van der Waals surface area contributed by atoms with E-state index in [9.17, 15) is 43.5 Å². The van der Waals surface area contributed by atoms with Crippen LogP contribution < -0.4 is 37.6 Å². The second-order valence-electron chi connectivity index (χ2n) is 13.7. The van der Waals surface area contributed by atoms with Gasteiger partial charge in [-0.3, -0.25) is 38.4 Å². The number of carboxylic acids is 2. The minimum absolute atomic E-state index is 0.0696. The first-order valence-electron chi connectivity index (χ1n) is 20.6. The molecule has 6 amide bonds. The first-order chi connectivity index (χ1) is 30.5. The Kier molecular flexibility index (Phi) is 49.9. The largest absolute Gasteiger partial charge is 0.483 e. The fraction of sp³-hybridized carbons (Fsp3) is 0.500. The average Bonchev–Trinajstić information content (AvgIpc) is 3.24. The summed E-state index contributed by atoms with van der Waals surface area (Å²) < 4.78 is 0. The molecule has 0 aliphatic heterocycles. The summed E-state index contributed by atoms with van der Waals surface area (Å²) in [7, 11) is 0. The van der Waals surface area contributed by atoms with Crippen LogP contribution in [0.15, 0.2) is 48.1 Å². The second kappa shape index (κ2) is 46.5. The van der Waals surface area contributed by atoms with E-state index in [1.807, 2.05) is 39.8 Å². The van der Waals surface area contributed by atoms with Gasteiger partial charge in [-0.2, -0.15) is 0 Å². The van der Waals surface area contributed by atoms with Crippen LogP contribution in [0.25, 0.3) is 0 Å². The van der Waals surface area contributed by atoms with Crippen molar-refractivity contribution in [1.82, 2.24) is 26.6 Å². The maximum atomic E-state index is 12.9. The van der Waals surface area contributed by atoms with Gasteiger partial charge in [0, 0.05) is 18.9 Å². The van der Waals surface area contributed by atoms with Crippen LogP contribution in [0.1, 0.15) is 113 Å².